The van der Waals surface area contributed by atoms with Crippen LogP contribution in [0.1, 0.15) is 48.4 Å². The Morgan fingerprint density at radius 3 is 2.50 bits per heavy atom. The van der Waals surface area contributed by atoms with Crippen LogP contribution in [0.5, 0.6) is 0 Å². The quantitative estimate of drug-likeness (QED) is 0.673. The molecular formula is C12H19NO. The fraction of sp³-hybridized carbons (Fsp3) is 0.583. The van der Waals surface area contributed by atoms with Gasteiger partial charge in [-0.05, 0) is 33.3 Å². The van der Waals surface area contributed by atoms with Gasteiger partial charge >= 0.3 is 0 Å². The molecule has 2 nitrogen and oxygen atoms in total. The highest BCUT2D eigenvalue weighted by Gasteiger charge is 2.11. The number of aromatic nitrogens is 1. The molecule has 0 aliphatic rings. The van der Waals surface area contributed by atoms with Crippen molar-refractivity contribution in [3.05, 3.63) is 23.0 Å². The Morgan fingerprint density at radius 2 is 2.07 bits per heavy atom. The van der Waals surface area contributed by atoms with Gasteiger partial charge in [-0.1, -0.05) is 13.3 Å². The first-order valence-corrected chi connectivity index (χ1v) is 5.25. The second-order valence-electron chi connectivity index (χ2n) is 3.85. The third-order valence-corrected chi connectivity index (χ3v) is 2.69. The Bertz CT molecular complexity index is 336. The van der Waals surface area contributed by atoms with Crippen LogP contribution in [0.4, 0.5) is 0 Å². The van der Waals surface area contributed by atoms with Crippen molar-refractivity contribution in [2.45, 2.75) is 47.1 Å². The Balaban J connectivity index is 2.99. The molecule has 0 bridgehead atoms. The molecule has 78 valence electrons. The third-order valence-electron chi connectivity index (χ3n) is 2.69. The minimum atomic E-state index is 0.167. The van der Waals surface area contributed by atoms with Crippen LogP contribution in [0.15, 0.2) is 6.07 Å². The summed E-state index contributed by atoms with van der Waals surface area (Å²) in [5, 5.41) is 0. The number of rotatable bonds is 4. The molecule has 0 saturated heterocycles. The molecule has 0 saturated carbocycles. The first kappa shape index (κ1) is 11.0. The first-order chi connectivity index (χ1) is 6.57. The van der Waals surface area contributed by atoms with Gasteiger partial charge in [-0.25, -0.2) is 0 Å². The first-order valence-electron chi connectivity index (χ1n) is 5.25. The fourth-order valence-electron chi connectivity index (χ4n) is 1.82. The highest BCUT2D eigenvalue weighted by atomic mass is 16.1. The Morgan fingerprint density at radius 1 is 1.43 bits per heavy atom. The van der Waals surface area contributed by atoms with Crippen molar-refractivity contribution in [2.75, 3.05) is 0 Å². The molecule has 1 aromatic rings. The molecule has 1 rings (SSSR count). The normalized spacial score (nSPS) is 10.6. The number of unbranched alkanes of at least 4 members (excludes halogenated alkanes) is 1. The molecule has 0 aliphatic heterocycles. The number of ketones is 1. The molecule has 0 atom stereocenters. The third kappa shape index (κ3) is 2.06. The summed E-state index contributed by atoms with van der Waals surface area (Å²) in [6.07, 6.45) is 2.36. The number of hydrogen-bond acceptors (Lipinski definition) is 1. The molecule has 0 spiro atoms. The molecule has 14 heavy (non-hydrogen) atoms. The van der Waals surface area contributed by atoms with E-state index in [-0.39, 0.29) is 5.78 Å². The van der Waals surface area contributed by atoms with Crippen molar-refractivity contribution in [3.8, 4) is 0 Å². The summed E-state index contributed by atoms with van der Waals surface area (Å²) in [5.74, 6) is 0.167. The lowest BCUT2D eigenvalue weighted by Gasteiger charge is -2.08. The SMILES string of the molecule is CCCCn1c(C)cc(C(C)=O)c1C. The van der Waals surface area contributed by atoms with Crippen LogP contribution < -0.4 is 0 Å². The van der Waals surface area contributed by atoms with Crippen molar-refractivity contribution in [3.63, 3.8) is 0 Å². The van der Waals surface area contributed by atoms with Gasteiger partial charge in [0.1, 0.15) is 0 Å². The summed E-state index contributed by atoms with van der Waals surface area (Å²) < 4.78 is 2.24. The molecule has 0 aromatic carbocycles. The molecule has 2 heteroatoms. The van der Waals surface area contributed by atoms with Crippen LogP contribution in [0.2, 0.25) is 0 Å². The van der Waals surface area contributed by atoms with E-state index in [0.29, 0.717) is 0 Å². The number of carbonyl (C=O) groups is 1. The lowest BCUT2D eigenvalue weighted by atomic mass is 10.2. The molecule has 0 N–H and O–H groups in total. The topological polar surface area (TPSA) is 22.0 Å². The van der Waals surface area contributed by atoms with Gasteiger partial charge in [-0.3, -0.25) is 4.79 Å². The van der Waals surface area contributed by atoms with Gasteiger partial charge in [-0.15, -0.1) is 0 Å². The minimum Gasteiger partial charge on any atom is -0.348 e. The number of carbonyl (C=O) groups excluding carboxylic acids is 1. The summed E-state index contributed by atoms with van der Waals surface area (Å²) in [4.78, 5) is 11.3. The summed E-state index contributed by atoms with van der Waals surface area (Å²) >= 11 is 0. The van der Waals surface area contributed by atoms with E-state index in [9.17, 15) is 4.79 Å². The molecule has 0 amide bonds. The van der Waals surface area contributed by atoms with E-state index in [1.807, 2.05) is 13.0 Å². The zero-order valence-electron chi connectivity index (χ0n) is 9.55. The van der Waals surface area contributed by atoms with Crippen LogP contribution in [0, 0.1) is 13.8 Å². The molecule has 0 radical (unpaired) electrons. The maximum Gasteiger partial charge on any atom is 0.161 e. The smallest absolute Gasteiger partial charge is 0.161 e. The average molecular weight is 193 g/mol. The molecular weight excluding hydrogens is 174 g/mol. The second-order valence-corrected chi connectivity index (χ2v) is 3.85. The number of hydrogen-bond donors (Lipinski definition) is 0. The number of aryl methyl sites for hydroxylation is 1. The maximum absolute atomic E-state index is 11.3. The number of Topliss-reactive ketones (excluding diaryl/α,β-unsaturated/α-hetero) is 1. The molecule has 0 unspecified atom stereocenters. The van der Waals surface area contributed by atoms with Crippen LogP contribution >= 0.6 is 0 Å². The average Bonchev–Trinajstić information content (AvgIpc) is 2.40. The van der Waals surface area contributed by atoms with E-state index in [1.54, 1.807) is 6.92 Å². The maximum atomic E-state index is 11.3. The van der Waals surface area contributed by atoms with Crippen molar-refractivity contribution in [2.24, 2.45) is 0 Å². The van der Waals surface area contributed by atoms with Gasteiger partial charge in [0.25, 0.3) is 0 Å². The van der Waals surface area contributed by atoms with E-state index >= 15 is 0 Å². The highest BCUT2D eigenvalue weighted by Crippen LogP contribution is 2.16. The Labute approximate surface area is 85.9 Å². The fourth-order valence-corrected chi connectivity index (χ4v) is 1.82. The van der Waals surface area contributed by atoms with Crippen LogP contribution in [0.25, 0.3) is 0 Å². The second kappa shape index (κ2) is 4.45. The largest absolute Gasteiger partial charge is 0.348 e. The number of nitrogens with zero attached hydrogens (tertiary/aromatic N) is 1. The highest BCUT2D eigenvalue weighted by molar-refractivity contribution is 5.95. The van der Waals surface area contributed by atoms with E-state index in [4.69, 9.17) is 0 Å². The zero-order chi connectivity index (χ0) is 10.7. The predicted molar refractivity (Wildman–Crippen MR) is 58.8 cm³/mol. The van der Waals surface area contributed by atoms with Crippen molar-refractivity contribution < 1.29 is 4.79 Å². The summed E-state index contributed by atoms with van der Waals surface area (Å²) in [6.45, 7) is 8.93. The summed E-state index contributed by atoms with van der Waals surface area (Å²) in [5.41, 5.74) is 3.18. The Kier molecular flexibility index (Phi) is 3.50. The van der Waals surface area contributed by atoms with E-state index in [0.717, 1.165) is 17.8 Å². The van der Waals surface area contributed by atoms with Crippen molar-refractivity contribution in [1.82, 2.24) is 4.57 Å². The van der Waals surface area contributed by atoms with Crippen molar-refractivity contribution in [1.29, 1.82) is 0 Å². The zero-order valence-corrected chi connectivity index (χ0v) is 9.55. The van der Waals surface area contributed by atoms with Crippen LogP contribution in [0.3, 0.4) is 0 Å². The Hall–Kier alpha value is -1.05. The lowest BCUT2D eigenvalue weighted by molar-refractivity contribution is 0.101. The van der Waals surface area contributed by atoms with Crippen molar-refractivity contribution >= 4 is 5.78 Å². The summed E-state index contributed by atoms with van der Waals surface area (Å²) in [6, 6.07) is 1.99. The van der Waals surface area contributed by atoms with E-state index in [1.165, 1.54) is 18.5 Å². The van der Waals surface area contributed by atoms with Gasteiger partial charge in [-0.2, -0.15) is 0 Å². The van der Waals surface area contributed by atoms with Gasteiger partial charge in [0.2, 0.25) is 0 Å². The standard InChI is InChI=1S/C12H19NO/c1-5-6-7-13-9(2)8-12(10(13)3)11(4)14/h8H,5-7H2,1-4H3. The molecule has 0 aliphatic carbocycles. The van der Waals surface area contributed by atoms with Gasteiger partial charge in [0.15, 0.2) is 5.78 Å². The van der Waals surface area contributed by atoms with Crippen LogP contribution in [-0.4, -0.2) is 10.4 Å². The summed E-state index contributed by atoms with van der Waals surface area (Å²) in [7, 11) is 0. The molecule has 0 fully saturated rings. The lowest BCUT2D eigenvalue weighted by Crippen LogP contribution is -2.03. The van der Waals surface area contributed by atoms with Gasteiger partial charge in [0, 0.05) is 23.5 Å². The molecule has 1 heterocycles. The molecule has 1 aromatic heterocycles. The van der Waals surface area contributed by atoms with E-state index < -0.39 is 0 Å². The van der Waals surface area contributed by atoms with E-state index in [2.05, 4.69) is 18.4 Å². The predicted octanol–water partition coefficient (Wildman–Crippen LogP) is 3.11. The van der Waals surface area contributed by atoms with Gasteiger partial charge in [0.05, 0.1) is 0 Å². The monoisotopic (exact) mass is 193 g/mol. The van der Waals surface area contributed by atoms with Crippen LogP contribution in [-0.2, 0) is 6.54 Å². The minimum absolute atomic E-state index is 0.167. The van der Waals surface area contributed by atoms with Gasteiger partial charge < -0.3 is 4.57 Å².